The van der Waals surface area contributed by atoms with Gasteiger partial charge in [-0.1, -0.05) is 0 Å². The second-order valence-corrected chi connectivity index (χ2v) is 3.97. The molecule has 0 atom stereocenters. The third-order valence-corrected chi connectivity index (χ3v) is 2.82. The molecule has 2 rings (SSSR count). The summed E-state index contributed by atoms with van der Waals surface area (Å²) in [5.74, 6) is 0.759. The van der Waals surface area contributed by atoms with Crippen LogP contribution in [0.5, 0.6) is 5.75 Å². The quantitative estimate of drug-likeness (QED) is 0.820. The normalized spacial score (nSPS) is 9.47. The number of pyridine rings is 1. The van der Waals surface area contributed by atoms with Crippen LogP contribution in [0.1, 0.15) is 16.8 Å². The van der Waals surface area contributed by atoms with Crippen molar-refractivity contribution >= 4 is 0 Å². The fourth-order valence-corrected chi connectivity index (χ4v) is 1.81. The van der Waals surface area contributed by atoms with E-state index in [1.807, 2.05) is 36.4 Å². The molecule has 0 radical (unpaired) electrons. The monoisotopic (exact) mass is 249 g/mol. The van der Waals surface area contributed by atoms with E-state index in [0.29, 0.717) is 22.5 Å². The minimum absolute atomic E-state index is 0.333. The van der Waals surface area contributed by atoms with Gasteiger partial charge in [-0.3, -0.25) is 4.98 Å². The molecule has 0 aliphatic heterocycles. The fraction of sp³-hybridized carbons (Fsp3) is 0.133. The predicted octanol–water partition coefficient (Wildman–Crippen LogP) is 2.81. The van der Waals surface area contributed by atoms with Crippen molar-refractivity contribution in [2.75, 3.05) is 7.11 Å². The zero-order chi connectivity index (χ0) is 13.8. The van der Waals surface area contributed by atoms with Crippen molar-refractivity contribution in [2.45, 2.75) is 6.92 Å². The summed E-state index contributed by atoms with van der Waals surface area (Å²) in [6.45, 7) is 1.73. The van der Waals surface area contributed by atoms with Crippen LogP contribution in [-0.2, 0) is 0 Å². The SMILES string of the molecule is COc1ccc(-c2cc(C#N)c(C#N)c(C)n2)cc1. The maximum atomic E-state index is 9.08. The number of hydrogen-bond acceptors (Lipinski definition) is 4. The van der Waals surface area contributed by atoms with Gasteiger partial charge in [-0.2, -0.15) is 10.5 Å². The zero-order valence-electron chi connectivity index (χ0n) is 10.6. The van der Waals surface area contributed by atoms with Gasteiger partial charge in [0.15, 0.2) is 0 Å². The minimum Gasteiger partial charge on any atom is -0.497 e. The summed E-state index contributed by atoms with van der Waals surface area (Å²) in [6.07, 6.45) is 0. The van der Waals surface area contributed by atoms with Gasteiger partial charge < -0.3 is 4.74 Å². The summed E-state index contributed by atoms with van der Waals surface area (Å²) in [5.41, 5.74) is 2.80. The first-order chi connectivity index (χ1) is 9.19. The van der Waals surface area contributed by atoms with Crippen molar-refractivity contribution in [2.24, 2.45) is 0 Å². The van der Waals surface area contributed by atoms with Crippen molar-refractivity contribution in [3.8, 4) is 29.1 Å². The summed E-state index contributed by atoms with van der Waals surface area (Å²) in [6, 6.07) is 13.1. The number of nitriles is 2. The molecule has 0 saturated carbocycles. The van der Waals surface area contributed by atoms with Crippen molar-refractivity contribution in [3.63, 3.8) is 0 Å². The summed E-state index contributed by atoms with van der Waals surface area (Å²) in [7, 11) is 1.60. The van der Waals surface area contributed by atoms with Crippen LogP contribution in [0.15, 0.2) is 30.3 Å². The second-order valence-electron chi connectivity index (χ2n) is 3.97. The lowest BCUT2D eigenvalue weighted by atomic mass is 10.0. The van der Waals surface area contributed by atoms with Crippen molar-refractivity contribution in [3.05, 3.63) is 47.2 Å². The van der Waals surface area contributed by atoms with Crippen LogP contribution >= 0.6 is 0 Å². The van der Waals surface area contributed by atoms with E-state index in [2.05, 4.69) is 4.98 Å². The lowest BCUT2D eigenvalue weighted by Crippen LogP contribution is -1.96. The Morgan fingerprint density at radius 2 is 1.79 bits per heavy atom. The minimum atomic E-state index is 0.333. The van der Waals surface area contributed by atoms with Crippen LogP contribution in [0.4, 0.5) is 0 Å². The first-order valence-corrected chi connectivity index (χ1v) is 5.66. The number of benzene rings is 1. The fourth-order valence-electron chi connectivity index (χ4n) is 1.81. The Kier molecular flexibility index (Phi) is 3.45. The van der Waals surface area contributed by atoms with E-state index < -0.39 is 0 Å². The maximum absolute atomic E-state index is 9.08. The number of ether oxygens (including phenoxy) is 1. The molecule has 0 fully saturated rings. The van der Waals surface area contributed by atoms with Gasteiger partial charge in [0.25, 0.3) is 0 Å². The highest BCUT2D eigenvalue weighted by Gasteiger charge is 2.10. The zero-order valence-corrected chi connectivity index (χ0v) is 10.6. The number of aromatic nitrogens is 1. The molecule has 1 aromatic carbocycles. The van der Waals surface area contributed by atoms with Crippen LogP contribution in [0, 0.1) is 29.6 Å². The Labute approximate surface area is 111 Å². The van der Waals surface area contributed by atoms with E-state index in [0.717, 1.165) is 11.3 Å². The molecule has 0 aliphatic rings. The number of hydrogen-bond donors (Lipinski definition) is 0. The maximum Gasteiger partial charge on any atom is 0.118 e. The molecule has 19 heavy (non-hydrogen) atoms. The molecule has 4 nitrogen and oxygen atoms in total. The Morgan fingerprint density at radius 3 is 2.32 bits per heavy atom. The van der Waals surface area contributed by atoms with Crippen LogP contribution in [0.3, 0.4) is 0 Å². The summed E-state index contributed by atoms with van der Waals surface area (Å²) < 4.78 is 5.09. The topological polar surface area (TPSA) is 69.7 Å². The van der Waals surface area contributed by atoms with Crippen molar-refractivity contribution < 1.29 is 4.74 Å². The van der Waals surface area contributed by atoms with E-state index in [-0.39, 0.29) is 0 Å². The van der Waals surface area contributed by atoms with E-state index >= 15 is 0 Å². The Balaban J connectivity index is 2.54. The predicted molar refractivity (Wildman–Crippen MR) is 70.4 cm³/mol. The van der Waals surface area contributed by atoms with Gasteiger partial charge in [-0.05, 0) is 37.3 Å². The molecule has 0 N–H and O–H groups in total. The van der Waals surface area contributed by atoms with Crippen molar-refractivity contribution in [1.29, 1.82) is 10.5 Å². The van der Waals surface area contributed by atoms with Crippen LogP contribution < -0.4 is 4.74 Å². The lowest BCUT2D eigenvalue weighted by Gasteiger charge is -2.06. The van der Waals surface area contributed by atoms with Gasteiger partial charge >= 0.3 is 0 Å². The summed E-state index contributed by atoms with van der Waals surface area (Å²) >= 11 is 0. The highest BCUT2D eigenvalue weighted by molar-refractivity contribution is 5.64. The Hall–Kier alpha value is -2.85. The molecule has 0 amide bonds. The molecular formula is C15H11N3O. The third-order valence-electron chi connectivity index (χ3n) is 2.82. The number of methoxy groups -OCH3 is 1. The highest BCUT2D eigenvalue weighted by atomic mass is 16.5. The van der Waals surface area contributed by atoms with Gasteiger partial charge in [0.2, 0.25) is 0 Å². The Bertz CT molecular complexity index is 691. The number of nitrogens with zero attached hydrogens (tertiary/aromatic N) is 3. The molecule has 2 aromatic rings. The largest absolute Gasteiger partial charge is 0.497 e. The number of rotatable bonds is 2. The Morgan fingerprint density at radius 1 is 1.11 bits per heavy atom. The smallest absolute Gasteiger partial charge is 0.118 e. The molecule has 0 bridgehead atoms. The molecule has 1 aromatic heterocycles. The molecule has 92 valence electrons. The highest BCUT2D eigenvalue weighted by Crippen LogP contribution is 2.23. The standard InChI is InChI=1S/C15H11N3O/c1-10-14(9-17)12(8-16)7-15(18-10)11-3-5-13(19-2)6-4-11/h3-7H,1-2H3. The second kappa shape index (κ2) is 5.20. The van der Waals surface area contributed by atoms with Crippen LogP contribution in [0.25, 0.3) is 11.3 Å². The molecule has 0 spiro atoms. The van der Waals surface area contributed by atoms with Crippen LogP contribution in [-0.4, -0.2) is 12.1 Å². The average molecular weight is 249 g/mol. The van der Waals surface area contributed by atoms with Gasteiger partial charge in [0.1, 0.15) is 17.9 Å². The molecule has 4 heteroatoms. The van der Waals surface area contributed by atoms with Crippen molar-refractivity contribution in [1.82, 2.24) is 4.98 Å². The van der Waals surface area contributed by atoms with Gasteiger partial charge in [-0.25, -0.2) is 0 Å². The first-order valence-electron chi connectivity index (χ1n) is 5.66. The van der Waals surface area contributed by atoms with Gasteiger partial charge in [0.05, 0.1) is 29.6 Å². The lowest BCUT2D eigenvalue weighted by molar-refractivity contribution is 0.415. The summed E-state index contributed by atoms with van der Waals surface area (Å²) in [4.78, 5) is 4.36. The van der Waals surface area contributed by atoms with Gasteiger partial charge in [0, 0.05) is 5.56 Å². The molecule has 0 aliphatic carbocycles. The molecule has 0 unspecified atom stereocenters. The molecule has 0 saturated heterocycles. The average Bonchev–Trinajstić information content (AvgIpc) is 2.46. The van der Waals surface area contributed by atoms with E-state index in [1.165, 1.54) is 0 Å². The molecular weight excluding hydrogens is 238 g/mol. The first kappa shape index (κ1) is 12.6. The van der Waals surface area contributed by atoms with Gasteiger partial charge in [-0.15, -0.1) is 0 Å². The van der Waals surface area contributed by atoms with Crippen LogP contribution in [0.2, 0.25) is 0 Å². The summed E-state index contributed by atoms with van der Waals surface area (Å²) in [5, 5.41) is 18.1. The van der Waals surface area contributed by atoms with E-state index in [4.69, 9.17) is 15.3 Å². The molecule has 1 heterocycles. The number of aryl methyl sites for hydroxylation is 1. The third kappa shape index (κ3) is 2.38. The van der Waals surface area contributed by atoms with E-state index in [9.17, 15) is 0 Å². The van der Waals surface area contributed by atoms with E-state index in [1.54, 1.807) is 20.1 Å².